The predicted octanol–water partition coefficient (Wildman–Crippen LogP) is 7.47. The number of nitrogens with one attached hydrogen (secondary N) is 1. The molecule has 5 aromatic rings. The molecule has 0 unspecified atom stereocenters. The van der Waals surface area contributed by atoms with Crippen molar-refractivity contribution in [3.05, 3.63) is 102 Å². The first-order valence-corrected chi connectivity index (χ1v) is 15.2. The number of benzene rings is 1. The molecule has 7 rings (SSSR count). The molecule has 3 N–H and O–H groups in total. The van der Waals surface area contributed by atoms with Crippen molar-refractivity contribution < 1.29 is 18.3 Å². The molecule has 2 aliphatic rings. The second kappa shape index (κ2) is 14.0. The average Bonchev–Trinajstić information content (AvgIpc) is 3.07. The normalized spacial score (nSPS) is 15.8. The number of hydrogen-bond acceptors (Lipinski definition) is 8. The van der Waals surface area contributed by atoms with E-state index in [0.29, 0.717) is 28.9 Å². The highest BCUT2D eigenvalue weighted by molar-refractivity contribution is 5.98. The summed E-state index contributed by atoms with van der Waals surface area (Å²) >= 11 is 0. The highest BCUT2D eigenvalue weighted by atomic mass is 19.1. The number of pyridine rings is 4. The van der Waals surface area contributed by atoms with Crippen molar-refractivity contribution in [3.63, 3.8) is 0 Å². The molecule has 2 saturated heterocycles. The minimum atomic E-state index is -0.674. The first-order valence-electron chi connectivity index (χ1n) is 15.2. The van der Waals surface area contributed by atoms with Gasteiger partial charge in [-0.05, 0) is 79.8 Å². The third-order valence-corrected chi connectivity index (χ3v) is 8.35. The summed E-state index contributed by atoms with van der Waals surface area (Å²) in [6.45, 7) is 5.05. The predicted molar refractivity (Wildman–Crippen MR) is 171 cm³/mol. The van der Waals surface area contributed by atoms with Gasteiger partial charge in [0.2, 0.25) is 0 Å². The lowest BCUT2D eigenvalue weighted by atomic mass is 9.93. The SMILES string of the molecule is Cc1c(-c2ccccn2)nc2cc(F)cc(F)c2c1Nc1cncc(C2CCOCC2)c1.Nc1cncc(C2CCOCC2)c1. The maximum Gasteiger partial charge on any atom is 0.137 e. The van der Waals surface area contributed by atoms with E-state index < -0.39 is 11.6 Å². The summed E-state index contributed by atoms with van der Waals surface area (Å²) in [6.07, 6.45) is 12.9. The van der Waals surface area contributed by atoms with Gasteiger partial charge in [-0.25, -0.2) is 13.8 Å². The number of aromatic nitrogens is 4. The number of halogens is 2. The number of nitrogen functional groups attached to an aromatic ring is 1. The third-order valence-electron chi connectivity index (χ3n) is 8.35. The summed E-state index contributed by atoms with van der Waals surface area (Å²) in [7, 11) is 0. The van der Waals surface area contributed by atoms with Gasteiger partial charge in [0.1, 0.15) is 11.6 Å². The Hall–Kier alpha value is -4.54. The number of nitrogens with zero attached hydrogens (tertiary/aromatic N) is 4. The van der Waals surface area contributed by atoms with Crippen molar-refractivity contribution in [1.29, 1.82) is 0 Å². The van der Waals surface area contributed by atoms with E-state index in [0.717, 1.165) is 80.7 Å². The Bertz CT molecular complexity index is 1760. The molecule has 232 valence electrons. The lowest BCUT2D eigenvalue weighted by Crippen LogP contribution is -2.14. The molecule has 0 atom stereocenters. The van der Waals surface area contributed by atoms with Crippen LogP contribution in [0.5, 0.6) is 0 Å². The first-order chi connectivity index (χ1) is 22.0. The Balaban J connectivity index is 0.000000229. The summed E-state index contributed by atoms with van der Waals surface area (Å²) in [4.78, 5) is 17.4. The van der Waals surface area contributed by atoms with Crippen molar-refractivity contribution in [2.45, 2.75) is 44.4 Å². The summed E-state index contributed by atoms with van der Waals surface area (Å²) in [6, 6.07) is 11.7. The molecule has 2 fully saturated rings. The van der Waals surface area contributed by atoms with Crippen LogP contribution in [-0.2, 0) is 9.47 Å². The summed E-state index contributed by atoms with van der Waals surface area (Å²) in [5.74, 6) is -0.375. The van der Waals surface area contributed by atoms with Crippen molar-refractivity contribution in [2.75, 3.05) is 37.5 Å². The molecular weight excluding hydrogens is 574 g/mol. The topological polar surface area (TPSA) is 108 Å². The average molecular weight is 611 g/mol. The minimum Gasteiger partial charge on any atom is -0.397 e. The molecule has 4 aromatic heterocycles. The van der Waals surface area contributed by atoms with Gasteiger partial charge in [0, 0.05) is 68.9 Å². The zero-order chi connectivity index (χ0) is 31.2. The third kappa shape index (κ3) is 7.24. The standard InChI is InChI=1S/C25H22F2N4O.C10H14N2O/c1-15-24(21-4-2-3-7-29-21)31-22-12-18(26)11-20(27)23(22)25(15)30-19-10-17(13-28-14-19)16-5-8-32-9-6-16;11-10-5-9(6-12-7-10)8-1-3-13-4-2-8/h2-4,7,10-14,16H,5-6,8-9H2,1H3,(H,30,31);5-8H,1-4,11H2. The minimum absolute atomic E-state index is 0.227. The molecule has 8 nitrogen and oxygen atoms in total. The lowest BCUT2D eigenvalue weighted by molar-refractivity contribution is 0.0852. The van der Waals surface area contributed by atoms with Gasteiger partial charge in [-0.2, -0.15) is 0 Å². The van der Waals surface area contributed by atoms with Crippen LogP contribution in [0.15, 0.2) is 73.4 Å². The van der Waals surface area contributed by atoms with E-state index in [2.05, 4.69) is 25.3 Å². The Morgan fingerprint density at radius 2 is 1.49 bits per heavy atom. The first kappa shape index (κ1) is 30.5. The van der Waals surface area contributed by atoms with Crippen molar-refractivity contribution >= 4 is 28.0 Å². The summed E-state index contributed by atoms with van der Waals surface area (Å²) in [5.41, 5.74) is 12.2. The molecule has 0 radical (unpaired) electrons. The van der Waals surface area contributed by atoms with Crippen molar-refractivity contribution in [2.24, 2.45) is 0 Å². The quantitative estimate of drug-likeness (QED) is 0.211. The van der Waals surface area contributed by atoms with Crippen LogP contribution < -0.4 is 11.1 Å². The molecule has 0 amide bonds. The number of nitrogens with two attached hydrogens (primary N) is 1. The van der Waals surface area contributed by atoms with Crippen LogP contribution in [0.2, 0.25) is 0 Å². The largest absolute Gasteiger partial charge is 0.397 e. The fourth-order valence-electron chi connectivity index (χ4n) is 5.97. The molecule has 10 heteroatoms. The van der Waals surface area contributed by atoms with Gasteiger partial charge < -0.3 is 20.5 Å². The number of fused-ring (bicyclic) bond motifs is 1. The smallest absolute Gasteiger partial charge is 0.137 e. The lowest BCUT2D eigenvalue weighted by Gasteiger charge is -2.23. The fraction of sp³-hybridized carbons (Fsp3) is 0.314. The molecule has 0 spiro atoms. The van der Waals surface area contributed by atoms with Gasteiger partial charge in [-0.15, -0.1) is 0 Å². The maximum absolute atomic E-state index is 14.9. The van der Waals surface area contributed by atoms with Gasteiger partial charge >= 0.3 is 0 Å². The highest BCUT2D eigenvalue weighted by Crippen LogP contribution is 2.37. The van der Waals surface area contributed by atoms with Crippen LogP contribution in [0.4, 0.5) is 25.8 Å². The molecular formula is C35H36F2N6O2. The van der Waals surface area contributed by atoms with Crippen molar-refractivity contribution in [3.8, 4) is 11.4 Å². The summed E-state index contributed by atoms with van der Waals surface area (Å²) in [5, 5.41) is 3.58. The second-order valence-corrected chi connectivity index (χ2v) is 11.4. The van der Waals surface area contributed by atoms with Gasteiger partial charge in [-0.3, -0.25) is 15.0 Å². The zero-order valence-corrected chi connectivity index (χ0v) is 25.2. The number of ether oxygens (including phenoxy) is 2. The molecule has 1 aromatic carbocycles. The van der Waals surface area contributed by atoms with E-state index in [9.17, 15) is 8.78 Å². The molecule has 6 heterocycles. The number of rotatable bonds is 5. The van der Waals surface area contributed by atoms with Crippen LogP contribution in [0, 0.1) is 18.6 Å². The van der Waals surface area contributed by atoms with E-state index in [-0.39, 0.29) is 10.9 Å². The monoisotopic (exact) mass is 610 g/mol. The molecule has 0 bridgehead atoms. The van der Waals surface area contributed by atoms with E-state index in [1.807, 2.05) is 49.6 Å². The Labute approximate surface area is 261 Å². The maximum atomic E-state index is 14.9. The summed E-state index contributed by atoms with van der Waals surface area (Å²) < 4.78 is 39.7. The fourth-order valence-corrected chi connectivity index (χ4v) is 5.97. The van der Waals surface area contributed by atoms with Gasteiger partial charge in [-0.1, -0.05) is 6.07 Å². The van der Waals surface area contributed by atoms with E-state index in [1.54, 1.807) is 18.6 Å². The zero-order valence-electron chi connectivity index (χ0n) is 25.2. The molecule has 0 saturated carbocycles. The Morgan fingerprint density at radius 3 is 2.13 bits per heavy atom. The highest BCUT2D eigenvalue weighted by Gasteiger charge is 2.20. The molecule has 2 aliphatic heterocycles. The number of hydrogen-bond donors (Lipinski definition) is 2. The van der Waals surface area contributed by atoms with Gasteiger partial charge in [0.25, 0.3) is 0 Å². The number of anilines is 3. The van der Waals surface area contributed by atoms with Crippen LogP contribution in [0.25, 0.3) is 22.3 Å². The van der Waals surface area contributed by atoms with Crippen LogP contribution in [0.3, 0.4) is 0 Å². The van der Waals surface area contributed by atoms with E-state index >= 15 is 0 Å². The molecule has 0 aliphatic carbocycles. The Morgan fingerprint density at radius 1 is 0.822 bits per heavy atom. The van der Waals surface area contributed by atoms with Crippen molar-refractivity contribution in [1.82, 2.24) is 19.9 Å². The van der Waals surface area contributed by atoms with Gasteiger partial charge in [0.05, 0.1) is 45.5 Å². The van der Waals surface area contributed by atoms with E-state index in [4.69, 9.17) is 15.2 Å². The van der Waals surface area contributed by atoms with Gasteiger partial charge in [0.15, 0.2) is 0 Å². The second-order valence-electron chi connectivity index (χ2n) is 11.4. The Kier molecular flexibility index (Phi) is 9.52. The van der Waals surface area contributed by atoms with Crippen LogP contribution in [-0.4, -0.2) is 46.4 Å². The van der Waals surface area contributed by atoms with Crippen LogP contribution in [0.1, 0.15) is 54.2 Å². The molecule has 45 heavy (non-hydrogen) atoms. The van der Waals surface area contributed by atoms with Crippen LogP contribution >= 0.6 is 0 Å². The van der Waals surface area contributed by atoms with E-state index in [1.165, 1.54) is 11.6 Å².